The Morgan fingerprint density at radius 1 is 1.04 bits per heavy atom. The van der Waals surface area contributed by atoms with Crippen LogP contribution in [0.15, 0.2) is 52.4 Å². The van der Waals surface area contributed by atoms with Crippen LogP contribution in [0.1, 0.15) is 27.9 Å². The molecule has 3 aromatic rings. The Bertz CT molecular complexity index is 995. The van der Waals surface area contributed by atoms with Gasteiger partial charge in [0.2, 0.25) is 0 Å². The number of aromatic amines is 1. The van der Waals surface area contributed by atoms with Gasteiger partial charge in [-0.05, 0) is 68.7 Å². The lowest BCUT2D eigenvalue weighted by Crippen LogP contribution is -2.17. The average Bonchev–Trinajstić information content (AvgIpc) is 2.85. The van der Waals surface area contributed by atoms with E-state index in [1.807, 2.05) is 63.2 Å². The number of benzene rings is 2. The van der Waals surface area contributed by atoms with E-state index in [2.05, 4.69) is 22.5 Å². The van der Waals surface area contributed by atoms with Crippen molar-refractivity contribution in [2.24, 2.45) is 5.10 Å². The third-order valence-electron chi connectivity index (χ3n) is 4.27. The zero-order chi connectivity index (χ0) is 18.0. The standard InChI is InChI=1S/C20H22N4O/c1-13-6-5-7-17(10-13)22-21-12-19-16(4)23-24(20(19)25)18-9-8-14(2)15(3)11-18/h5-12,22-23H,1-4H3/b21-12+. The first-order valence-electron chi connectivity index (χ1n) is 8.20. The van der Waals surface area contributed by atoms with Crippen molar-refractivity contribution < 1.29 is 0 Å². The van der Waals surface area contributed by atoms with E-state index < -0.39 is 0 Å². The van der Waals surface area contributed by atoms with Crippen molar-refractivity contribution in [3.63, 3.8) is 0 Å². The van der Waals surface area contributed by atoms with Gasteiger partial charge in [-0.15, -0.1) is 0 Å². The molecule has 1 aromatic heterocycles. The van der Waals surface area contributed by atoms with Crippen LogP contribution in [0.2, 0.25) is 0 Å². The Hall–Kier alpha value is -3.08. The molecule has 5 heteroatoms. The van der Waals surface area contributed by atoms with Crippen molar-refractivity contribution in [3.8, 4) is 5.69 Å². The summed E-state index contributed by atoms with van der Waals surface area (Å²) >= 11 is 0. The molecule has 0 fully saturated rings. The normalized spacial score (nSPS) is 11.2. The van der Waals surface area contributed by atoms with Crippen molar-refractivity contribution in [2.45, 2.75) is 27.7 Å². The predicted octanol–water partition coefficient (Wildman–Crippen LogP) is 3.85. The van der Waals surface area contributed by atoms with Gasteiger partial charge in [0.05, 0.1) is 23.2 Å². The van der Waals surface area contributed by atoms with E-state index in [0.717, 1.165) is 28.2 Å². The molecule has 2 aromatic carbocycles. The smallest absolute Gasteiger partial charge is 0.280 e. The Morgan fingerprint density at radius 2 is 1.84 bits per heavy atom. The van der Waals surface area contributed by atoms with Gasteiger partial charge in [0, 0.05) is 5.69 Å². The highest BCUT2D eigenvalue weighted by atomic mass is 16.1. The molecule has 0 saturated heterocycles. The Balaban J connectivity index is 1.88. The molecular formula is C20H22N4O. The monoisotopic (exact) mass is 334 g/mol. The van der Waals surface area contributed by atoms with Gasteiger partial charge in [0.25, 0.3) is 5.56 Å². The summed E-state index contributed by atoms with van der Waals surface area (Å²) in [6.45, 7) is 7.98. The summed E-state index contributed by atoms with van der Waals surface area (Å²) in [5, 5.41) is 7.32. The fourth-order valence-electron chi connectivity index (χ4n) is 2.64. The fourth-order valence-corrected chi connectivity index (χ4v) is 2.64. The van der Waals surface area contributed by atoms with Crippen LogP contribution < -0.4 is 11.0 Å². The predicted molar refractivity (Wildman–Crippen MR) is 103 cm³/mol. The van der Waals surface area contributed by atoms with E-state index in [-0.39, 0.29) is 5.56 Å². The van der Waals surface area contributed by atoms with Crippen LogP contribution in [0.5, 0.6) is 0 Å². The first-order valence-corrected chi connectivity index (χ1v) is 8.20. The maximum Gasteiger partial charge on any atom is 0.280 e. The lowest BCUT2D eigenvalue weighted by molar-refractivity contribution is 0.833. The molecule has 2 N–H and O–H groups in total. The minimum atomic E-state index is -0.115. The zero-order valence-electron chi connectivity index (χ0n) is 14.9. The second kappa shape index (κ2) is 6.81. The lowest BCUT2D eigenvalue weighted by Gasteiger charge is -2.05. The summed E-state index contributed by atoms with van der Waals surface area (Å²) in [5.74, 6) is 0. The maximum atomic E-state index is 12.7. The summed E-state index contributed by atoms with van der Waals surface area (Å²) in [6.07, 6.45) is 1.56. The lowest BCUT2D eigenvalue weighted by atomic mass is 10.1. The molecule has 0 unspecified atom stereocenters. The molecule has 0 aliphatic rings. The van der Waals surface area contributed by atoms with Gasteiger partial charge in [0.15, 0.2) is 0 Å². The van der Waals surface area contributed by atoms with E-state index in [1.165, 1.54) is 5.56 Å². The molecule has 0 spiro atoms. The maximum absolute atomic E-state index is 12.7. The number of nitrogens with one attached hydrogen (secondary N) is 2. The second-order valence-corrected chi connectivity index (χ2v) is 6.30. The number of nitrogens with zero attached hydrogens (tertiary/aromatic N) is 2. The van der Waals surface area contributed by atoms with E-state index in [4.69, 9.17) is 0 Å². The van der Waals surface area contributed by atoms with Gasteiger partial charge in [-0.2, -0.15) is 5.10 Å². The van der Waals surface area contributed by atoms with E-state index >= 15 is 0 Å². The van der Waals surface area contributed by atoms with Gasteiger partial charge >= 0.3 is 0 Å². The Morgan fingerprint density at radius 3 is 2.56 bits per heavy atom. The summed E-state index contributed by atoms with van der Waals surface area (Å²) in [7, 11) is 0. The first kappa shape index (κ1) is 16.8. The van der Waals surface area contributed by atoms with Crippen LogP contribution >= 0.6 is 0 Å². The molecule has 5 nitrogen and oxygen atoms in total. The molecule has 0 saturated carbocycles. The largest absolute Gasteiger partial charge is 0.295 e. The van der Waals surface area contributed by atoms with E-state index in [0.29, 0.717) is 5.56 Å². The summed E-state index contributed by atoms with van der Waals surface area (Å²) in [4.78, 5) is 12.7. The van der Waals surface area contributed by atoms with Crippen LogP contribution in [0.25, 0.3) is 5.69 Å². The molecule has 0 aliphatic carbocycles. The molecule has 0 radical (unpaired) electrons. The Labute approximate surface area is 147 Å². The van der Waals surface area contributed by atoms with E-state index in [1.54, 1.807) is 10.9 Å². The molecule has 25 heavy (non-hydrogen) atoms. The fraction of sp³-hybridized carbons (Fsp3) is 0.200. The summed E-state index contributed by atoms with van der Waals surface area (Å²) < 4.78 is 1.55. The number of aromatic nitrogens is 2. The topological polar surface area (TPSA) is 62.2 Å². The van der Waals surface area contributed by atoms with Crippen molar-refractivity contribution in [3.05, 3.63) is 80.8 Å². The van der Waals surface area contributed by atoms with Crippen LogP contribution in [0.3, 0.4) is 0 Å². The van der Waals surface area contributed by atoms with Crippen LogP contribution in [0, 0.1) is 27.7 Å². The number of hydrogen-bond donors (Lipinski definition) is 2. The summed E-state index contributed by atoms with van der Waals surface area (Å²) in [6, 6.07) is 13.9. The number of H-pyrrole nitrogens is 1. The number of aryl methyl sites for hydroxylation is 4. The Kier molecular flexibility index (Phi) is 4.57. The summed E-state index contributed by atoms with van der Waals surface area (Å²) in [5.41, 5.74) is 9.36. The van der Waals surface area contributed by atoms with Crippen molar-refractivity contribution >= 4 is 11.9 Å². The minimum Gasteiger partial charge on any atom is -0.295 e. The minimum absolute atomic E-state index is 0.115. The second-order valence-electron chi connectivity index (χ2n) is 6.30. The zero-order valence-corrected chi connectivity index (χ0v) is 14.9. The molecule has 0 bridgehead atoms. The number of rotatable bonds is 4. The van der Waals surface area contributed by atoms with Gasteiger partial charge in [-0.1, -0.05) is 18.2 Å². The highest BCUT2D eigenvalue weighted by Crippen LogP contribution is 2.13. The quantitative estimate of drug-likeness (QED) is 0.562. The van der Waals surface area contributed by atoms with Crippen LogP contribution in [0.4, 0.5) is 5.69 Å². The molecule has 1 heterocycles. The van der Waals surface area contributed by atoms with Gasteiger partial charge in [-0.25, -0.2) is 4.68 Å². The molecule has 0 atom stereocenters. The van der Waals surface area contributed by atoms with Gasteiger partial charge in [-0.3, -0.25) is 15.3 Å². The van der Waals surface area contributed by atoms with E-state index in [9.17, 15) is 4.79 Å². The highest BCUT2D eigenvalue weighted by Gasteiger charge is 2.11. The molecule has 0 amide bonds. The van der Waals surface area contributed by atoms with Gasteiger partial charge < -0.3 is 0 Å². The third kappa shape index (κ3) is 3.55. The number of hydrazone groups is 1. The first-order chi connectivity index (χ1) is 12.0. The molecule has 0 aliphatic heterocycles. The third-order valence-corrected chi connectivity index (χ3v) is 4.27. The molecular weight excluding hydrogens is 312 g/mol. The number of hydrogen-bond acceptors (Lipinski definition) is 3. The highest BCUT2D eigenvalue weighted by molar-refractivity contribution is 5.81. The average molecular weight is 334 g/mol. The van der Waals surface area contributed by atoms with Crippen molar-refractivity contribution in [1.29, 1.82) is 0 Å². The molecule has 3 rings (SSSR count). The SMILES string of the molecule is Cc1cccc(N/N=C/c2c(C)[nH]n(-c3ccc(C)c(C)c3)c2=O)c1. The number of anilines is 1. The van der Waals surface area contributed by atoms with Crippen molar-refractivity contribution in [1.82, 2.24) is 9.78 Å². The van der Waals surface area contributed by atoms with Crippen molar-refractivity contribution in [2.75, 3.05) is 5.43 Å². The van der Waals surface area contributed by atoms with Crippen LogP contribution in [-0.4, -0.2) is 16.0 Å². The molecule has 128 valence electrons. The van der Waals surface area contributed by atoms with Gasteiger partial charge in [0.1, 0.15) is 0 Å². The van der Waals surface area contributed by atoms with Crippen LogP contribution in [-0.2, 0) is 0 Å².